The van der Waals surface area contributed by atoms with Gasteiger partial charge in [0.1, 0.15) is 0 Å². The van der Waals surface area contributed by atoms with Crippen molar-refractivity contribution < 1.29 is 52.8 Å². The maximum atomic E-state index is 7.54. The molecule has 0 aromatic rings. The summed E-state index contributed by atoms with van der Waals surface area (Å²) in [5.74, 6) is 3.06. The predicted octanol–water partition coefficient (Wildman–Crippen LogP) is -3.23. The van der Waals surface area contributed by atoms with Crippen LogP contribution in [0.25, 0.3) is 0 Å². The van der Waals surface area contributed by atoms with Gasteiger partial charge in [-0.3, -0.25) is 0 Å². The number of nitriles is 2. The van der Waals surface area contributed by atoms with E-state index < -0.39 is 0 Å². The number of hydrogen-bond acceptors (Lipinski definition) is 2. The van der Waals surface area contributed by atoms with E-state index in [1.165, 1.54) is 11.9 Å². The fourth-order valence-corrected chi connectivity index (χ4v) is 0.0289. The fourth-order valence-electron chi connectivity index (χ4n) is 0.0289. The molecule has 0 rings (SSSR count). The van der Waals surface area contributed by atoms with Gasteiger partial charge in [-0.05, 0) is 0 Å². The second-order valence-corrected chi connectivity index (χ2v) is 0.403. The molecule has 0 saturated carbocycles. The molecule has 2 nitrogen and oxygen atoms in total. The molecule has 1 radical (unpaired) electrons. The molecule has 0 aromatic carbocycles. The predicted molar refractivity (Wildman–Crippen MR) is 18.1 cm³/mol. The van der Waals surface area contributed by atoms with Crippen LogP contribution >= 0.6 is 0 Å². The van der Waals surface area contributed by atoms with Gasteiger partial charge in [0.05, 0.1) is 0 Å². The Labute approximate surface area is 81.3 Å². The summed E-state index contributed by atoms with van der Waals surface area (Å²) < 4.78 is 0. The third kappa shape index (κ3) is 8.82. The zero-order valence-corrected chi connectivity index (χ0v) is 6.59. The summed E-state index contributed by atoms with van der Waals surface area (Å²) in [5.41, 5.74) is 0. The van der Waals surface area contributed by atoms with Crippen molar-refractivity contribution in [1.29, 1.82) is 10.5 Å². The molecule has 0 bridgehead atoms. The van der Waals surface area contributed by atoms with Gasteiger partial charge in [-0.2, -0.15) is 0 Å². The molecule has 0 N–H and O–H groups in total. The van der Waals surface area contributed by atoms with E-state index in [2.05, 4.69) is 0 Å². The van der Waals surface area contributed by atoms with Gasteiger partial charge in [0.2, 0.25) is 0 Å². The van der Waals surface area contributed by atoms with E-state index in [4.69, 9.17) is 10.5 Å². The van der Waals surface area contributed by atoms with Crippen LogP contribution in [0, 0.1) is 22.5 Å². The average molecular weight is 103 g/mol. The van der Waals surface area contributed by atoms with Crippen molar-refractivity contribution in [3.63, 3.8) is 0 Å². The molecular formula is C2HBKN2. The Balaban J connectivity index is -0.0000000800. The van der Waals surface area contributed by atoms with Crippen molar-refractivity contribution >= 4 is 7.28 Å². The molecular weight excluding hydrogens is 102 g/mol. The van der Waals surface area contributed by atoms with Crippen molar-refractivity contribution in [1.82, 2.24) is 0 Å². The third-order valence-corrected chi connectivity index (χ3v) is 0.129. The summed E-state index contributed by atoms with van der Waals surface area (Å²) in [7, 11) is 0.861. The Kier molecular flexibility index (Phi) is 15.1. The first-order valence-electron chi connectivity index (χ1n) is 1.02. The van der Waals surface area contributed by atoms with Crippen LogP contribution in [0.4, 0.5) is 0 Å². The van der Waals surface area contributed by atoms with Crippen LogP contribution in [0.15, 0.2) is 0 Å². The van der Waals surface area contributed by atoms with E-state index >= 15 is 0 Å². The van der Waals surface area contributed by atoms with Crippen LogP contribution in [0.2, 0.25) is 0 Å². The number of nitrogens with zero attached hydrogens (tertiary/aromatic N) is 2. The van der Waals surface area contributed by atoms with E-state index in [1.807, 2.05) is 0 Å². The van der Waals surface area contributed by atoms with Gasteiger partial charge < -0.3 is 1.43 Å². The van der Waals surface area contributed by atoms with Crippen molar-refractivity contribution in [3.05, 3.63) is 0 Å². The second-order valence-electron chi connectivity index (χ2n) is 0.403. The summed E-state index contributed by atoms with van der Waals surface area (Å²) in [5, 5.41) is 15.1. The van der Waals surface area contributed by atoms with Gasteiger partial charge >= 0.3 is 58.7 Å². The first kappa shape index (κ1) is 9.84. The van der Waals surface area contributed by atoms with Gasteiger partial charge in [0.15, 0.2) is 0 Å². The first-order valence-corrected chi connectivity index (χ1v) is 1.02. The third-order valence-electron chi connectivity index (χ3n) is 0.129. The SMILES string of the molecule is N#C[B]C#N.[H-].[K+]. The number of rotatable bonds is 0. The normalized spacial score (nSPS) is 3.00. The van der Waals surface area contributed by atoms with E-state index in [1.54, 1.807) is 0 Å². The van der Waals surface area contributed by atoms with Crippen LogP contribution in [0.3, 0.4) is 0 Å². The largest absolute Gasteiger partial charge is 1.00 e. The monoisotopic (exact) mass is 103 g/mol. The quantitative estimate of drug-likeness (QED) is 0.302. The van der Waals surface area contributed by atoms with Crippen LogP contribution in [0.1, 0.15) is 1.43 Å². The minimum absolute atomic E-state index is 0. The van der Waals surface area contributed by atoms with Crippen LogP contribution in [0.5, 0.6) is 0 Å². The molecule has 23 valence electrons. The van der Waals surface area contributed by atoms with Crippen LogP contribution < -0.4 is 51.4 Å². The summed E-state index contributed by atoms with van der Waals surface area (Å²) in [4.78, 5) is 0. The molecule has 0 amide bonds. The Hall–Kier alpha value is 0.681. The van der Waals surface area contributed by atoms with Crippen LogP contribution in [-0.2, 0) is 0 Å². The van der Waals surface area contributed by atoms with Crippen molar-refractivity contribution in [2.24, 2.45) is 0 Å². The average Bonchev–Trinajstić information content (AvgIpc) is 1.41. The van der Waals surface area contributed by atoms with Gasteiger partial charge in [0, 0.05) is 11.9 Å². The summed E-state index contributed by atoms with van der Waals surface area (Å²) >= 11 is 0. The van der Waals surface area contributed by atoms with E-state index in [0.29, 0.717) is 0 Å². The molecule has 0 saturated heterocycles. The van der Waals surface area contributed by atoms with E-state index in [9.17, 15) is 0 Å². The molecule has 0 spiro atoms. The Morgan fingerprint density at radius 1 is 1.33 bits per heavy atom. The first-order chi connectivity index (χ1) is 2.41. The molecule has 0 aliphatic heterocycles. The molecule has 6 heavy (non-hydrogen) atoms. The Morgan fingerprint density at radius 3 is 1.67 bits per heavy atom. The molecule has 0 aromatic heterocycles. The van der Waals surface area contributed by atoms with E-state index in [-0.39, 0.29) is 52.8 Å². The standard InChI is InChI=1S/C2BN2.K.H/c4-1-3-2-5;;/q;+1;-1. The Bertz CT molecular complexity index is 80.8. The van der Waals surface area contributed by atoms with Gasteiger partial charge in [-0.1, -0.05) is 0 Å². The van der Waals surface area contributed by atoms with Gasteiger partial charge in [-0.25, -0.2) is 10.5 Å². The second kappa shape index (κ2) is 9.19. The topological polar surface area (TPSA) is 47.6 Å². The van der Waals surface area contributed by atoms with Crippen molar-refractivity contribution in [3.8, 4) is 11.9 Å². The fraction of sp³-hybridized carbons (Fsp3) is 0. The van der Waals surface area contributed by atoms with Gasteiger partial charge in [0.25, 0.3) is 0 Å². The minimum atomic E-state index is 0. The molecule has 4 heteroatoms. The van der Waals surface area contributed by atoms with E-state index in [0.717, 1.165) is 7.28 Å². The molecule has 0 fully saturated rings. The van der Waals surface area contributed by atoms with Gasteiger partial charge in [-0.15, -0.1) is 0 Å². The number of hydrogen-bond donors (Lipinski definition) is 0. The molecule has 0 heterocycles. The minimum Gasteiger partial charge on any atom is -1.00 e. The summed E-state index contributed by atoms with van der Waals surface area (Å²) in [6, 6.07) is 0. The van der Waals surface area contributed by atoms with Crippen molar-refractivity contribution in [2.45, 2.75) is 0 Å². The Morgan fingerprint density at radius 2 is 1.67 bits per heavy atom. The van der Waals surface area contributed by atoms with Crippen LogP contribution in [-0.4, -0.2) is 7.28 Å². The zero-order valence-electron chi connectivity index (χ0n) is 4.47. The maximum absolute atomic E-state index is 7.54. The molecule has 0 atom stereocenters. The zero-order chi connectivity index (χ0) is 4.12. The van der Waals surface area contributed by atoms with Crippen molar-refractivity contribution in [2.75, 3.05) is 0 Å². The smallest absolute Gasteiger partial charge is 1.00 e. The molecule has 0 unspecified atom stereocenters. The molecule has 0 aliphatic rings. The summed E-state index contributed by atoms with van der Waals surface area (Å²) in [6.07, 6.45) is 0. The summed E-state index contributed by atoms with van der Waals surface area (Å²) in [6.45, 7) is 0. The maximum Gasteiger partial charge on any atom is 1.00 e. The molecule has 0 aliphatic carbocycles.